The summed E-state index contributed by atoms with van der Waals surface area (Å²) in [5.74, 6) is 1.58. The summed E-state index contributed by atoms with van der Waals surface area (Å²) in [4.78, 5) is 11.0. The molecule has 0 spiro atoms. The molecule has 4 rings (SSSR count). The number of nitrogens with zero attached hydrogens (tertiary/aromatic N) is 3. The van der Waals surface area contributed by atoms with Crippen LogP contribution in [-0.4, -0.2) is 35.8 Å². The summed E-state index contributed by atoms with van der Waals surface area (Å²) in [7, 11) is 0. The van der Waals surface area contributed by atoms with Gasteiger partial charge in [-0.3, -0.25) is 4.90 Å². The van der Waals surface area contributed by atoms with Crippen molar-refractivity contribution in [3.05, 3.63) is 63.8 Å². The van der Waals surface area contributed by atoms with E-state index in [9.17, 15) is 0 Å². The van der Waals surface area contributed by atoms with Gasteiger partial charge in [-0.25, -0.2) is 9.98 Å². The minimum absolute atomic E-state index is 0.121. The second-order valence-corrected chi connectivity index (χ2v) is 8.46. The van der Waals surface area contributed by atoms with E-state index in [2.05, 4.69) is 33.9 Å². The Morgan fingerprint density at radius 3 is 2.57 bits per heavy atom. The highest BCUT2D eigenvalue weighted by Gasteiger charge is 2.21. The van der Waals surface area contributed by atoms with Crippen molar-refractivity contribution in [3.63, 3.8) is 0 Å². The first-order valence-corrected chi connectivity index (χ1v) is 10.6. The molecule has 0 bridgehead atoms. The van der Waals surface area contributed by atoms with Gasteiger partial charge in [-0.2, -0.15) is 0 Å². The maximum Gasteiger partial charge on any atom is 0.220 e. The van der Waals surface area contributed by atoms with Gasteiger partial charge in [0.1, 0.15) is 11.9 Å². The zero-order chi connectivity index (χ0) is 19.5. The minimum atomic E-state index is 0.121. The van der Waals surface area contributed by atoms with Crippen molar-refractivity contribution < 1.29 is 4.74 Å². The molecule has 2 aromatic carbocycles. The zero-order valence-corrected chi connectivity index (χ0v) is 17.5. The van der Waals surface area contributed by atoms with Crippen LogP contribution in [0.2, 0.25) is 5.02 Å². The topological polar surface area (TPSA) is 37.2 Å². The molecule has 1 unspecified atom stereocenters. The highest BCUT2D eigenvalue weighted by atomic mass is 35.5. The molecule has 1 saturated heterocycles. The Hall–Kier alpha value is -1.82. The monoisotopic (exact) mass is 413 g/mol. The lowest BCUT2D eigenvalue weighted by atomic mass is 9.90. The number of hydrogen-bond donors (Lipinski definition) is 0. The number of benzene rings is 2. The third-order valence-electron chi connectivity index (χ3n) is 5.38. The number of thiocarbonyl (C=S) groups is 1. The van der Waals surface area contributed by atoms with Gasteiger partial charge >= 0.3 is 0 Å². The Kier molecular flexibility index (Phi) is 6.04. The van der Waals surface area contributed by atoms with E-state index in [-0.39, 0.29) is 6.10 Å². The number of hydrogen-bond acceptors (Lipinski definition) is 3. The molecule has 2 aromatic rings. The number of fused-ring (bicyclic) bond motifs is 1. The molecule has 0 amide bonds. The van der Waals surface area contributed by atoms with E-state index in [0.717, 1.165) is 53.5 Å². The van der Waals surface area contributed by atoms with Crippen molar-refractivity contribution in [3.8, 4) is 5.75 Å². The van der Waals surface area contributed by atoms with Crippen molar-refractivity contribution in [1.29, 1.82) is 0 Å². The molecule has 0 N–H and O–H groups in total. The van der Waals surface area contributed by atoms with Crippen molar-refractivity contribution in [2.75, 3.05) is 19.6 Å². The number of ether oxygens (including phenoxy) is 1. The molecular weight excluding hydrogens is 390 g/mol. The van der Waals surface area contributed by atoms with Gasteiger partial charge in [-0.05, 0) is 87.2 Å². The van der Waals surface area contributed by atoms with Gasteiger partial charge in [0, 0.05) is 17.6 Å². The molecule has 4 nitrogen and oxygen atoms in total. The van der Waals surface area contributed by atoms with Gasteiger partial charge in [0.05, 0.1) is 10.7 Å². The Bertz CT molecular complexity index is 968. The molecule has 146 valence electrons. The summed E-state index contributed by atoms with van der Waals surface area (Å²) < 4.78 is 6.11. The van der Waals surface area contributed by atoms with Gasteiger partial charge in [0.2, 0.25) is 5.11 Å². The van der Waals surface area contributed by atoms with Crippen molar-refractivity contribution >= 4 is 28.9 Å². The van der Waals surface area contributed by atoms with Crippen LogP contribution in [-0.2, 0) is 6.42 Å². The third-order valence-corrected chi connectivity index (χ3v) is 5.81. The maximum atomic E-state index is 6.11. The number of likely N-dealkylation sites (tertiary alicyclic amines) is 1. The Labute approximate surface area is 175 Å². The standard InChI is InChI=1S/C22H24ClN3OS/c1-15(27-19-6-7-20-21(13-19)25-22(28)24-20)14-26-10-8-17(9-11-26)12-16-2-4-18(23)5-3-16/h2-7,13,15,17H,8-12,14H2,1H3. The molecule has 6 heteroatoms. The molecule has 2 heterocycles. The van der Waals surface area contributed by atoms with E-state index in [4.69, 9.17) is 28.6 Å². The Morgan fingerprint density at radius 2 is 1.82 bits per heavy atom. The van der Waals surface area contributed by atoms with E-state index >= 15 is 0 Å². The SMILES string of the molecule is CC(CN1CCC(Cc2ccc(Cl)cc2)CC1)Oc1ccc2c(c1)=NC(=S)N=2. The average Bonchev–Trinajstić information content (AvgIpc) is 3.04. The lowest BCUT2D eigenvalue weighted by Gasteiger charge is -2.33. The predicted octanol–water partition coefficient (Wildman–Crippen LogP) is 3.60. The average molecular weight is 414 g/mol. The molecule has 2 aliphatic heterocycles. The number of rotatable bonds is 6. The van der Waals surface area contributed by atoms with E-state index < -0.39 is 0 Å². The lowest BCUT2D eigenvalue weighted by molar-refractivity contribution is 0.114. The second kappa shape index (κ2) is 8.68. The molecule has 1 atom stereocenters. The summed E-state index contributed by atoms with van der Waals surface area (Å²) >= 11 is 11.0. The van der Waals surface area contributed by atoms with Crippen LogP contribution in [0.25, 0.3) is 0 Å². The van der Waals surface area contributed by atoms with Crippen LogP contribution in [0.3, 0.4) is 0 Å². The summed E-state index contributed by atoms with van der Waals surface area (Å²) in [5.41, 5.74) is 1.38. The van der Waals surface area contributed by atoms with E-state index in [1.165, 1.54) is 18.4 Å². The van der Waals surface area contributed by atoms with Crippen LogP contribution < -0.4 is 15.5 Å². The third kappa shape index (κ3) is 4.96. The Morgan fingerprint density at radius 1 is 1.11 bits per heavy atom. The first-order chi connectivity index (χ1) is 13.5. The van der Waals surface area contributed by atoms with Gasteiger partial charge < -0.3 is 4.74 Å². The fourth-order valence-corrected chi connectivity index (χ4v) is 4.27. The summed E-state index contributed by atoms with van der Waals surface area (Å²) in [6.07, 6.45) is 3.72. The first-order valence-electron chi connectivity index (χ1n) is 9.80. The second-order valence-electron chi connectivity index (χ2n) is 7.66. The molecule has 0 aliphatic carbocycles. The van der Waals surface area contributed by atoms with Gasteiger partial charge in [-0.15, -0.1) is 0 Å². The highest BCUT2D eigenvalue weighted by Crippen LogP contribution is 2.23. The molecule has 0 saturated carbocycles. The van der Waals surface area contributed by atoms with E-state index in [1.54, 1.807) is 0 Å². The molecule has 2 aliphatic rings. The maximum absolute atomic E-state index is 6.11. The van der Waals surface area contributed by atoms with Crippen molar-refractivity contribution in [1.82, 2.24) is 4.90 Å². The molecule has 0 aromatic heterocycles. The summed E-state index contributed by atoms with van der Waals surface area (Å²) in [5, 5.41) is 2.83. The van der Waals surface area contributed by atoms with Crippen LogP contribution in [0.5, 0.6) is 5.75 Å². The zero-order valence-electron chi connectivity index (χ0n) is 16.0. The fraction of sp³-hybridized carbons (Fsp3) is 0.409. The quantitative estimate of drug-likeness (QED) is 0.679. The predicted molar refractivity (Wildman–Crippen MR) is 116 cm³/mol. The fourth-order valence-electron chi connectivity index (χ4n) is 3.95. The van der Waals surface area contributed by atoms with Crippen molar-refractivity contribution in [2.45, 2.75) is 32.3 Å². The molecule has 0 radical (unpaired) electrons. The minimum Gasteiger partial charge on any atom is -0.489 e. The van der Waals surface area contributed by atoms with Gasteiger partial charge in [0.15, 0.2) is 0 Å². The Balaban J connectivity index is 1.25. The molecular formula is C22H24ClN3OS. The van der Waals surface area contributed by atoms with Crippen LogP contribution in [0.4, 0.5) is 0 Å². The summed E-state index contributed by atoms with van der Waals surface area (Å²) in [6.45, 7) is 5.31. The number of halogens is 1. The molecule has 1 fully saturated rings. The summed E-state index contributed by atoms with van der Waals surface area (Å²) in [6, 6.07) is 14.1. The van der Waals surface area contributed by atoms with E-state index in [0.29, 0.717) is 5.11 Å². The highest BCUT2D eigenvalue weighted by molar-refractivity contribution is 7.80. The van der Waals surface area contributed by atoms with Crippen LogP contribution in [0, 0.1) is 5.92 Å². The largest absolute Gasteiger partial charge is 0.489 e. The van der Waals surface area contributed by atoms with Crippen LogP contribution in [0.15, 0.2) is 52.4 Å². The lowest BCUT2D eigenvalue weighted by Crippen LogP contribution is -2.40. The van der Waals surface area contributed by atoms with E-state index in [1.807, 2.05) is 30.3 Å². The normalized spacial score (nSPS) is 18.3. The van der Waals surface area contributed by atoms with Gasteiger partial charge in [0.25, 0.3) is 0 Å². The van der Waals surface area contributed by atoms with Crippen molar-refractivity contribution in [2.24, 2.45) is 15.9 Å². The smallest absolute Gasteiger partial charge is 0.220 e. The molecule has 28 heavy (non-hydrogen) atoms. The van der Waals surface area contributed by atoms with Crippen LogP contribution in [0.1, 0.15) is 25.3 Å². The first kappa shape index (κ1) is 19.5. The van der Waals surface area contributed by atoms with Crippen LogP contribution >= 0.6 is 23.8 Å². The number of piperidine rings is 1. The van der Waals surface area contributed by atoms with Gasteiger partial charge in [-0.1, -0.05) is 23.7 Å².